The van der Waals surface area contributed by atoms with Crippen molar-refractivity contribution in [1.29, 1.82) is 0 Å². The number of benzene rings is 3. The molecule has 0 aromatic heterocycles. The zero-order valence-corrected chi connectivity index (χ0v) is 25.3. The minimum absolute atomic E-state index is 0.0201. The van der Waals surface area contributed by atoms with Gasteiger partial charge in [-0.2, -0.15) is 17.6 Å². The van der Waals surface area contributed by atoms with E-state index in [9.17, 15) is 30.7 Å². The first-order valence-corrected chi connectivity index (χ1v) is 15.3. The summed E-state index contributed by atoms with van der Waals surface area (Å²) in [5, 5.41) is 0. The normalized spacial score (nSPS) is 22.7. The molecule has 0 radical (unpaired) electrons. The van der Waals surface area contributed by atoms with Gasteiger partial charge in [-0.15, -0.1) is 13.2 Å². The highest BCUT2D eigenvalue weighted by Gasteiger charge is 2.49. The first kappa shape index (κ1) is 35.0. The number of hydrogen-bond donors (Lipinski definition) is 0. The molecule has 47 heavy (non-hydrogen) atoms. The van der Waals surface area contributed by atoms with Gasteiger partial charge in [0.1, 0.15) is 22.9 Å². The fourth-order valence-corrected chi connectivity index (χ4v) is 6.31. The minimum atomic E-state index is -5.87. The molecule has 1 saturated carbocycles. The maximum absolute atomic E-state index is 15.0. The van der Waals surface area contributed by atoms with Gasteiger partial charge in [0.25, 0.3) is 0 Å². The largest absolute Gasteiger partial charge is 0.527 e. The molecule has 0 atom stereocenters. The Hall–Kier alpha value is -3.29. The van der Waals surface area contributed by atoms with E-state index < -0.39 is 47.6 Å². The average Bonchev–Trinajstić information content (AvgIpc) is 3.00. The molecular formula is C34H33F9O4. The monoisotopic (exact) mass is 676 g/mol. The first-order valence-electron chi connectivity index (χ1n) is 15.3. The maximum atomic E-state index is 15.0. The van der Waals surface area contributed by atoms with E-state index in [1.807, 2.05) is 0 Å². The van der Waals surface area contributed by atoms with E-state index in [1.165, 1.54) is 49.9 Å². The Balaban J connectivity index is 1.18. The molecule has 1 aliphatic heterocycles. The fourth-order valence-electron chi connectivity index (χ4n) is 6.31. The van der Waals surface area contributed by atoms with Crippen molar-refractivity contribution in [2.45, 2.75) is 70.3 Å². The van der Waals surface area contributed by atoms with Crippen molar-refractivity contribution in [2.24, 2.45) is 17.8 Å². The summed E-state index contributed by atoms with van der Waals surface area (Å²) in [4.78, 5) is 0. The Kier molecular flexibility index (Phi) is 10.5. The summed E-state index contributed by atoms with van der Waals surface area (Å²) in [6.45, 7) is 3.28. The molecule has 0 spiro atoms. The molecule has 2 fully saturated rings. The van der Waals surface area contributed by atoms with Crippen LogP contribution >= 0.6 is 0 Å². The first-order chi connectivity index (χ1) is 22.1. The highest BCUT2D eigenvalue weighted by Crippen LogP contribution is 2.42. The summed E-state index contributed by atoms with van der Waals surface area (Å²) in [5.74, 6) is -2.68. The third-order valence-corrected chi connectivity index (χ3v) is 8.71. The van der Waals surface area contributed by atoms with Gasteiger partial charge in [0.2, 0.25) is 0 Å². The second kappa shape index (κ2) is 14.1. The third-order valence-electron chi connectivity index (χ3n) is 8.71. The van der Waals surface area contributed by atoms with Crippen molar-refractivity contribution < 1.29 is 58.5 Å². The predicted molar refractivity (Wildman–Crippen MR) is 152 cm³/mol. The minimum Gasteiger partial charge on any atom is -0.429 e. The van der Waals surface area contributed by atoms with Crippen molar-refractivity contribution in [2.75, 3.05) is 13.2 Å². The van der Waals surface area contributed by atoms with E-state index in [0.717, 1.165) is 43.0 Å². The Morgan fingerprint density at radius 3 is 1.81 bits per heavy atom. The van der Waals surface area contributed by atoms with Gasteiger partial charge in [0.05, 0.1) is 18.8 Å². The molecular weight excluding hydrogens is 643 g/mol. The Morgan fingerprint density at radius 1 is 0.702 bits per heavy atom. The van der Waals surface area contributed by atoms with E-state index in [2.05, 4.69) is 11.7 Å². The SMILES string of the molecule is CCCC1CCC(C2COC(c3ccc(C(F)(F)Oc4ccc(-c5cc(F)c(C(F)(F)OC(F)(F)F)c(F)c5)cc4)cc3)OC2)CC1. The van der Waals surface area contributed by atoms with E-state index in [0.29, 0.717) is 42.7 Å². The molecule has 0 bridgehead atoms. The summed E-state index contributed by atoms with van der Waals surface area (Å²) in [7, 11) is 0. The van der Waals surface area contributed by atoms with Crippen LogP contribution in [0.15, 0.2) is 60.7 Å². The summed E-state index contributed by atoms with van der Waals surface area (Å²) >= 11 is 0. The van der Waals surface area contributed by atoms with Crippen molar-refractivity contribution in [3.05, 3.63) is 89.0 Å². The summed E-state index contributed by atoms with van der Waals surface area (Å²) < 4.78 is 142. The van der Waals surface area contributed by atoms with Gasteiger partial charge in [-0.3, -0.25) is 0 Å². The van der Waals surface area contributed by atoms with Crippen molar-refractivity contribution in [3.8, 4) is 16.9 Å². The van der Waals surface area contributed by atoms with Gasteiger partial charge >= 0.3 is 18.6 Å². The molecule has 3 aromatic carbocycles. The van der Waals surface area contributed by atoms with Crippen molar-refractivity contribution in [3.63, 3.8) is 0 Å². The predicted octanol–water partition coefficient (Wildman–Crippen LogP) is 10.6. The lowest BCUT2D eigenvalue weighted by molar-refractivity contribution is -0.432. The number of hydrogen-bond acceptors (Lipinski definition) is 4. The average molecular weight is 677 g/mol. The maximum Gasteiger partial charge on any atom is 0.527 e. The number of alkyl halides is 7. The molecule has 4 nitrogen and oxygen atoms in total. The van der Waals surface area contributed by atoms with Crippen LogP contribution in [-0.4, -0.2) is 19.6 Å². The van der Waals surface area contributed by atoms with Crippen LogP contribution in [0, 0.1) is 29.4 Å². The Morgan fingerprint density at radius 2 is 1.28 bits per heavy atom. The summed E-state index contributed by atoms with van der Waals surface area (Å²) in [6.07, 6.45) is -8.42. The van der Waals surface area contributed by atoms with Gasteiger partial charge in [0.15, 0.2) is 6.29 Å². The molecule has 1 heterocycles. The van der Waals surface area contributed by atoms with Crippen LogP contribution in [0.3, 0.4) is 0 Å². The number of rotatable bonds is 10. The Labute approximate surface area is 265 Å². The fraction of sp³-hybridized carbons (Fsp3) is 0.471. The van der Waals surface area contributed by atoms with Crippen molar-refractivity contribution >= 4 is 0 Å². The zero-order chi connectivity index (χ0) is 34.0. The van der Waals surface area contributed by atoms with Crippen LogP contribution in [0.4, 0.5) is 39.5 Å². The highest BCUT2D eigenvalue weighted by atomic mass is 19.4. The van der Waals surface area contributed by atoms with E-state index >= 15 is 8.78 Å². The topological polar surface area (TPSA) is 36.9 Å². The lowest BCUT2D eigenvalue weighted by atomic mass is 9.75. The summed E-state index contributed by atoms with van der Waals surface area (Å²) in [6, 6.07) is 10.4. The van der Waals surface area contributed by atoms with Gasteiger partial charge in [-0.05, 0) is 72.2 Å². The molecule has 1 aliphatic carbocycles. The second-order valence-electron chi connectivity index (χ2n) is 12.0. The molecule has 5 rings (SSSR count). The van der Waals surface area contributed by atoms with E-state index in [-0.39, 0.29) is 16.9 Å². The zero-order valence-electron chi connectivity index (χ0n) is 25.3. The van der Waals surface area contributed by atoms with Gasteiger partial charge in [-0.25, -0.2) is 13.5 Å². The molecule has 1 saturated heterocycles. The highest BCUT2D eigenvalue weighted by molar-refractivity contribution is 5.65. The molecule has 0 unspecified atom stereocenters. The molecule has 0 N–H and O–H groups in total. The molecule has 2 aliphatic rings. The summed E-state index contributed by atoms with van der Waals surface area (Å²) in [5.41, 5.74) is -2.49. The molecule has 0 amide bonds. The lowest BCUT2D eigenvalue weighted by Gasteiger charge is -2.37. The molecule has 3 aromatic rings. The van der Waals surface area contributed by atoms with Crippen molar-refractivity contribution in [1.82, 2.24) is 0 Å². The third kappa shape index (κ3) is 8.60. The van der Waals surface area contributed by atoms with E-state index in [4.69, 9.17) is 14.2 Å². The van der Waals surface area contributed by atoms with Crippen LogP contribution in [0.5, 0.6) is 5.75 Å². The van der Waals surface area contributed by atoms with Gasteiger partial charge < -0.3 is 14.2 Å². The standard InChI is InChI=1S/C34H33F9O4/c1-2-3-20-4-6-22(7-5-20)25-18-44-31(45-19-25)23-8-12-26(13-9-23)32(37,38)46-27-14-10-21(11-15-27)24-16-28(35)30(29(36)17-24)33(39,40)47-34(41,42)43/h8-17,20,22,25,31H,2-7,18-19H2,1H3. The second-order valence-corrected chi connectivity index (χ2v) is 12.0. The molecule has 256 valence electrons. The molecule has 13 heteroatoms. The number of ether oxygens (including phenoxy) is 4. The van der Waals surface area contributed by atoms with Crippen LogP contribution in [0.25, 0.3) is 11.1 Å². The quantitative estimate of drug-likeness (QED) is 0.200. The van der Waals surface area contributed by atoms with Crippen LogP contribution < -0.4 is 4.74 Å². The van der Waals surface area contributed by atoms with E-state index in [1.54, 1.807) is 0 Å². The van der Waals surface area contributed by atoms with Crippen LogP contribution in [0.1, 0.15) is 68.4 Å². The van der Waals surface area contributed by atoms with Gasteiger partial charge in [-0.1, -0.05) is 56.9 Å². The van der Waals surface area contributed by atoms with Gasteiger partial charge in [0, 0.05) is 11.5 Å². The number of halogens is 9. The smallest absolute Gasteiger partial charge is 0.429 e. The lowest BCUT2D eigenvalue weighted by Crippen LogP contribution is -2.34. The Bertz CT molecular complexity index is 1450. The van der Waals surface area contributed by atoms with Crippen LogP contribution in [0.2, 0.25) is 0 Å². The van der Waals surface area contributed by atoms with Crippen LogP contribution in [-0.2, 0) is 26.4 Å².